The second-order valence-corrected chi connectivity index (χ2v) is 4.41. The van der Waals surface area contributed by atoms with Crippen molar-refractivity contribution in [3.63, 3.8) is 0 Å². The molecule has 0 amide bonds. The van der Waals surface area contributed by atoms with Crippen molar-refractivity contribution in [2.24, 2.45) is 0 Å². The summed E-state index contributed by atoms with van der Waals surface area (Å²) in [5.74, 6) is -1.19. The summed E-state index contributed by atoms with van der Waals surface area (Å²) in [6.45, 7) is 1.03. The molecule has 0 bridgehead atoms. The molecule has 0 radical (unpaired) electrons. The van der Waals surface area contributed by atoms with Crippen LogP contribution < -0.4 is 0 Å². The molecular weight excluding hydrogens is 257 g/mol. The Kier molecular flexibility index (Phi) is 3.92. The lowest BCUT2D eigenvalue weighted by atomic mass is 10.0. The number of rotatable bonds is 3. The second kappa shape index (κ2) is 4.87. The van der Waals surface area contributed by atoms with Crippen LogP contribution in [0.4, 0.5) is 13.2 Å². The lowest BCUT2D eigenvalue weighted by Gasteiger charge is -2.12. The van der Waals surface area contributed by atoms with Crippen LogP contribution in [0.25, 0.3) is 0 Å². The summed E-state index contributed by atoms with van der Waals surface area (Å²) in [5, 5.41) is 0. The largest absolute Gasteiger partial charge is 0.417 e. The van der Waals surface area contributed by atoms with E-state index in [0.717, 1.165) is 13.0 Å². The quantitative estimate of drug-likeness (QED) is 0.672. The maximum atomic E-state index is 12.6. The van der Waals surface area contributed by atoms with Gasteiger partial charge in [-0.2, -0.15) is 13.2 Å². The maximum absolute atomic E-state index is 12.6. The molecule has 0 aliphatic rings. The average Bonchev–Trinajstić information content (AvgIpc) is 2.14. The highest BCUT2D eigenvalue weighted by Gasteiger charge is 2.34. The maximum Gasteiger partial charge on any atom is 0.417 e. The Hall–Kier alpha value is -1.37. The first-order valence-electron chi connectivity index (χ1n) is 4.54. The fourth-order valence-corrected chi connectivity index (χ4v) is 1.88. The Morgan fingerprint density at radius 3 is 2.29 bits per heavy atom. The van der Waals surface area contributed by atoms with Crippen LogP contribution >= 0.6 is 0 Å². The average molecular weight is 266 g/mol. The molecular formula is C10H9F3O3S. The SMILES string of the molecule is CC(=O)c1ccc(C[SH](=O)=O)cc1C(F)(F)F. The number of halogens is 3. The third-order valence-corrected chi connectivity index (χ3v) is 2.70. The zero-order chi connectivity index (χ0) is 13.2. The Morgan fingerprint density at radius 1 is 1.29 bits per heavy atom. The zero-order valence-electron chi connectivity index (χ0n) is 8.75. The Morgan fingerprint density at radius 2 is 1.88 bits per heavy atom. The molecule has 1 rings (SSSR count). The molecule has 94 valence electrons. The highest BCUT2D eigenvalue weighted by atomic mass is 32.2. The molecule has 0 saturated carbocycles. The van der Waals surface area contributed by atoms with E-state index < -0.39 is 39.5 Å². The molecule has 1 aromatic carbocycles. The standard InChI is InChI=1S/C10H9F3O3S/c1-6(14)8-3-2-7(5-17(15)16)4-9(8)10(11,12)13/h2-4,17H,5H2,1H3. The van der Waals surface area contributed by atoms with Gasteiger partial charge in [0.15, 0.2) is 5.78 Å². The van der Waals surface area contributed by atoms with Crippen LogP contribution in [0.15, 0.2) is 18.2 Å². The summed E-state index contributed by atoms with van der Waals surface area (Å²) in [6.07, 6.45) is -4.68. The summed E-state index contributed by atoms with van der Waals surface area (Å²) >= 11 is 0. The minimum absolute atomic E-state index is 0.0124. The van der Waals surface area contributed by atoms with Crippen LogP contribution in [0.5, 0.6) is 0 Å². The van der Waals surface area contributed by atoms with Gasteiger partial charge in [0.25, 0.3) is 0 Å². The van der Waals surface area contributed by atoms with Crippen LogP contribution in [-0.2, 0) is 22.6 Å². The molecule has 7 heteroatoms. The van der Waals surface area contributed by atoms with Gasteiger partial charge in [0, 0.05) is 5.56 Å². The van der Waals surface area contributed by atoms with Gasteiger partial charge in [-0.3, -0.25) is 4.79 Å². The molecule has 17 heavy (non-hydrogen) atoms. The van der Waals surface area contributed by atoms with Gasteiger partial charge in [-0.15, -0.1) is 0 Å². The van der Waals surface area contributed by atoms with Crippen molar-refractivity contribution >= 4 is 16.5 Å². The number of hydrogen-bond donors (Lipinski definition) is 1. The topological polar surface area (TPSA) is 51.2 Å². The molecule has 0 aliphatic carbocycles. The molecule has 0 unspecified atom stereocenters. The van der Waals surface area contributed by atoms with Crippen molar-refractivity contribution in [3.8, 4) is 0 Å². The van der Waals surface area contributed by atoms with Gasteiger partial charge in [0.2, 0.25) is 0 Å². The molecule has 0 N–H and O–H groups in total. The van der Waals surface area contributed by atoms with Gasteiger partial charge in [-0.1, -0.05) is 12.1 Å². The Labute approximate surface area is 97.2 Å². The molecule has 0 fully saturated rings. The number of benzene rings is 1. The van der Waals surface area contributed by atoms with E-state index in [1.165, 1.54) is 6.07 Å². The van der Waals surface area contributed by atoms with E-state index in [4.69, 9.17) is 0 Å². The van der Waals surface area contributed by atoms with E-state index in [-0.39, 0.29) is 5.56 Å². The third kappa shape index (κ3) is 3.55. The van der Waals surface area contributed by atoms with Crippen LogP contribution in [0, 0.1) is 0 Å². The summed E-state index contributed by atoms with van der Waals surface area (Å²) in [6, 6.07) is 2.90. The van der Waals surface area contributed by atoms with E-state index in [1.807, 2.05) is 0 Å². The van der Waals surface area contributed by atoms with Gasteiger partial charge < -0.3 is 0 Å². The van der Waals surface area contributed by atoms with E-state index >= 15 is 0 Å². The number of alkyl halides is 3. The molecule has 0 aromatic heterocycles. The molecule has 0 spiro atoms. The molecule has 0 heterocycles. The molecule has 3 nitrogen and oxygen atoms in total. The molecule has 0 atom stereocenters. The van der Waals surface area contributed by atoms with Crippen molar-refractivity contribution < 1.29 is 26.4 Å². The number of thiol groups is 1. The first kappa shape index (κ1) is 13.7. The summed E-state index contributed by atoms with van der Waals surface area (Å²) in [4.78, 5) is 11.0. The van der Waals surface area contributed by atoms with Crippen LogP contribution in [-0.4, -0.2) is 14.2 Å². The number of Topliss-reactive ketones (excluding diaryl/α,β-unsaturated/α-hetero) is 1. The predicted octanol–water partition coefficient (Wildman–Crippen LogP) is 2.02. The third-order valence-electron chi connectivity index (χ3n) is 2.08. The van der Waals surface area contributed by atoms with E-state index in [1.54, 1.807) is 0 Å². The number of carbonyl (C=O) groups is 1. The molecule has 0 aliphatic heterocycles. The van der Waals surface area contributed by atoms with Crippen molar-refractivity contribution in [3.05, 3.63) is 34.9 Å². The number of hydrogen-bond acceptors (Lipinski definition) is 3. The van der Waals surface area contributed by atoms with Crippen LogP contribution in [0.2, 0.25) is 0 Å². The lowest BCUT2D eigenvalue weighted by Crippen LogP contribution is -2.12. The normalized spacial score (nSPS) is 11.8. The van der Waals surface area contributed by atoms with Gasteiger partial charge >= 0.3 is 6.18 Å². The van der Waals surface area contributed by atoms with Gasteiger partial charge in [-0.25, -0.2) is 8.42 Å². The van der Waals surface area contributed by atoms with Crippen molar-refractivity contribution in [1.29, 1.82) is 0 Å². The van der Waals surface area contributed by atoms with Gasteiger partial charge in [0.1, 0.15) is 10.7 Å². The highest BCUT2D eigenvalue weighted by molar-refractivity contribution is 7.71. The first-order chi connectivity index (χ1) is 7.71. The first-order valence-corrected chi connectivity index (χ1v) is 5.91. The minimum atomic E-state index is -4.68. The summed E-state index contributed by atoms with van der Waals surface area (Å²) < 4.78 is 58.7. The van der Waals surface area contributed by atoms with E-state index in [0.29, 0.717) is 6.07 Å². The van der Waals surface area contributed by atoms with Crippen LogP contribution in [0.3, 0.4) is 0 Å². The van der Waals surface area contributed by atoms with Crippen molar-refractivity contribution in [2.45, 2.75) is 18.9 Å². The summed E-state index contributed by atoms with van der Waals surface area (Å²) in [5.41, 5.74) is -1.54. The zero-order valence-corrected chi connectivity index (χ0v) is 9.64. The Bertz CT molecular complexity index is 510. The Balaban J connectivity index is 3.34. The van der Waals surface area contributed by atoms with Crippen molar-refractivity contribution in [1.82, 2.24) is 0 Å². The lowest BCUT2D eigenvalue weighted by molar-refractivity contribution is -0.137. The minimum Gasteiger partial charge on any atom is -0.294 e. The second-order valence-electron chi connectivity index (χ2n) is 3.42. The van der Waals surface area contributed by atoms with Crippen LogP contribution in [0.1, 0.15) is 28.4 Å². The smallest absolute Gasteiger partial charge is 0.294 e. The summed E-state index contributed by atoms with van der Waals surface area (Å²) in [7, 11) is -2.80. The fourth-order valence-electron chi connectivity index (χ4n) is 1.38. The number of carbonyl (C=O) groups excluding carboxylic acids is 1. The monoisotopic (exact) mass is 266 g/mol. The molecule has 0 saturated heterocycles. The predicted molar refractivity (Wildman–Crippen MR) is 55.5 cm³/mol. The fraction of sp³-hybridized carbons (Fsp3) is 0.300. The number of ketones is 1. The highest BCUT2D eigenvalue weighted by Crippen LogP contribution is 2.33. The van der Waals surface area contributed by atoms with Gasteiger partial charge in [-0.05, 0) is 18.6 Å². The van der Waals surface area contributed by atoms with Gasteiger partial charge in [0.05, 0.1) is 11.3 Å². The van der Waals surface area contributed by atoms with E-state index in [9.17, 15) is 26.4 Å². The van der Waals surface area contributed by atoms with Crippen molar-refractivity contribution in [2.75, 3.05) is 0 Å². The molecule has 1 aromatic rings. The van der Waals surface area contributed by atoms with E-state index in [2.05, 4.69) is 0 Å².